The molecule has 0 amide bonds. The van der Waals surface area contributed by atoms with Crippen LogP contribution in [0.15, 0.2) is 66.1 Å². The van der Waals surface area contributed by atoms with Gasteiger partial charge in [-0.05, 0) is 44.2 Å². The van der Waals surface area contributed by atoms with Crippen molar-refractivity contribution in [1.82, 2.24) is 19.5 Å². The highest BCUT2D eigenvalue weighted by molar-refractivity contribution is 5.93. The number of pyridine rings is 1. The molecule has 0 bridgehead atoms. The molecule has 7 heteroatoms. The average Bonchev–Trinajstić information content (AvgIpc) is 3.16. The van der Waals surface area contributed by atoms with E-state index in [4.69, 9.17) is 4.74 Å². The van der Waals surface area contributed by atoms with Gasteiger partial charge in [0.05, 0.1) is 18.5 Å². The fourth-order valence-corrected chi connectivity index (χ4v) is 3.13. The number of nitrogens with one attached hydrogen (secondary N) is 1. The number of nitrogens with zero attached hydrogens (tertiary/aromatic N) is 3. The topological polar surface area (TPSA) is 93.0 Å². The van der Waals surface area contributed by atoms with Crippen LogP contribution in [0.1, 0.15) is 34.1 Å². The first-order chi connectivity index (χ1) is 14.9. The summed E-state index contributed by atoms with van der Waals surface area (Å²) in [5.74, 6) is 0.703. The molecule has 7 nitrogen and oxygen atoms in total. The molecule has 4 aromatic rings. The Labute approximate surface area is 181 Å². The Hall–Kier alpha value is -3.45. The molecule has 0 unspecified atom stereocenters. The maximum atomic E-state index is 12.5. The highest BCUT2D eigenvalue weighted by atomic mass is 16.5. The van der Waals surface area contributed by atoms with Crippen molar-refractivity contribution in [3.05, 3.63) is 71.7 Å². The van der Waals surface area contributed by atoms with Gasteiger partial charge in [-0.15, -0.1) is 0 Å². The standard InChI is InChI=1S/C22H22N4O3.C2H6/c1-22(2,28)9-11-29-17-7-5-16(6-8-17)26-13-18(15-4-3-10-23-12-15)19-20(26)21(27)25-14-24-19;1-2/h3-8,10,12-14,28H,9,11H2,1-2H3,(H,24,25,27);1-2H3. The fraction of sp³-hybridized carbons (Fsp3) is 0.292. The van der Waals surface area contributed by atoms with Crippen LogP contribution in [0.2, 0.25) is 0 Å². The molecular formula is C24H28N4O3. The third kappa shape index (κ3) is 5.19. The Kier molecular flexibility index (Phi) is 6.87. The van der Waals surface area contributed by atoms with Gasteiger partial charge in [-0.2, -0.15) is 0 Å². The van der Waals surface area contributed by atoms with Crippen molar-refractivity contribution in [3.8, 4) is 22.6 Å². The second-order valence-electron chi connectivity index (χ2n) is 7.49. The van der Waals surface area contributed by atoms with Crippen LogP contribution in [-0.2, 0) is 0 Å². The zero-order chi connectivity index (χ0) is 22.4. The van der Waals surface area contributed by atoms with E-state index in [0.29, 0.717) is 29.8 Å². The lowest BCUT2D eigenvalue weighted by Gasteiger charge is -2.17. The molecule has 2 N–H and O–H groups in total. The number of aliphatic hydroxyl groups is 1. The molecule has 0 fully saturated rings. The number of fused-ring (bicyclic) bond motifs is 1. The molecule has 0 aliphatic rings. The molecule has 0 atom stereocenters. The molecule has 4 rings (SSSR count). The lowest BCUT2D eigenvalue weighted by Crippen LogP contribution is -2.21. The summed E-state index contributed by atoms with van der Waals surface area (Å²) < 4.78 is 7.52. The lowest BCUT2D eigenvalue weighted by molar-refractivity contribution is 0.0553. The lowest BCUT2D eigenvalue weighted by atomic mass is 10.1. The predicted molar refractivity (Wildman–Crippen MR) is 123 cm³/mol. The number of hydrogen-bond acceptors (Lipinski definition) is 5. The molecule has 31 heavy (non-hydrogen) atoms. The normalized spacial score (nSPS) is 11.1. The highest BCUT2D eigenvalue weighted by Crippen LogP contribution is 2.29. The summed E-state index contributed by atoms with van der Waals surface area (Å²) in [6.07, 6.45) is 7.30. The Balaban J connectivity index is 0.00000132. The van der Waals surface area contributed by atoms with E-state index in [2.05, 4.69) is 15.0 Å². The van der Waals surface area contributed by atoms with E-state index < -0.39 is 5.60 Å². The van der Waals surface area contributed by atoms with Gasteiger partial charge >= 0.3 is 0 Å². The van der Waals surface area contributed by atoms with E-state index >= 15 is 0 Å². The maximum Gasteiger partial charge on any atom is 0.275 e. The van der Waals surface area contributed by atoms with Gasteiger partial charge in [-0.1, -0.05) is 19.9 Å². The molecule has 0 saturated heterocycles. The van der Waals surface area contributed by atoms with E-state index in [9.17, 15) is 9.90 Å². The van der Waals surface area contributed by atoms with Gasteiger partial charge in [0.2, 0.25) is 0 Å². The quantitative estimate of drug-likeness (QED) is 0.484. The molecule has 3 aromatic heterocycles. The average molecular weight is 421 g/mol. The number of aromatic nitrogens is 4. The van der Waals surface area contributed by atoms with Gasteiger partial charge in [0.1, 0.15) is 16.8 Å². The molecule has 0 radical (unpaired) electrons. The Morgan fingerprint density at radius 1 is 1.16 bits per heavy atom. The first-order valence-electron chi connectivity index (χ1n) is 10.4. The van der Waals surface area contributed by atoms with E-state index in [0.717, 1.165) is 16.8 Å². The zero-order valence-electron chi connectivity index (χ0n) is 18.3. The van der Waals surface area contributed by atoms with E-state index in [1.807, 2.05) is 61.0 Å². The van der Waals surface area contributed by atoms with E-state index in [1.54, 1.807) is 26.2 Å². The van der Waals surface area contributed by atoms with Crippen LogP contribution in [0.25, 0.3) is 27.8 Å². The second kappa shape index (κ2) is 9.57. The monoisotopic (exact) mass is 420 g/mol. The molecule has 0 aliphatic heterocycles. The molecule has 1 aromatic carbocycles. The Morgan fingerprint density at radius 3 is 2.55 bits per heavy atom. The largest absolute Gasteiger partial charge is 0.493 e. The Bertz CT molecular complexity index is 1170. The van der Waals surface area contributed by atoms with Gasteiger partial charge in [0.15, 0.2) is 0 Å². The molecular weight excluding hydrogens is 392 g/mol. The van der Waals surface area contributed by atoms with E-state index in [-0.39, 0.29) is 5.56 Å². The van der Waals surface area contributed by atoms with Crippen LogP contribution in [0.3, 0.4) is 0 Å². The summed E-state index contributed by atoms with van der Waals surface area (Å²) in [5.41, 5.74) is 2.66. The van der Waals surface area contributed by atoms with Crippen molar-refractivity contribution >= 4 is 11.0 Å². The summed E-state index contributed by atoms with van der Waals surface area (Å²) >= 11 is 0. The van der Waals surface area contributed by atoms with Gasteiger partial charge in [-0.25, -0.2) is 4.98 Å². The van der Waals surface area contributed by atoms with Crippen LogP contribution in [0.5, 0.6) is 5.75 Å². The van der Waals surface area contributed by atoms with Gasteiger partial charge in [0.25, 0.3) is 5.56 Å². The van der Waals surface area contributed by atoms with Crippen molar-refractivity contribution < 1.29 is 9.84 Å². The van der Waals surface area contributed by atoms with E-state index in [1.165, 1.54) is 6.33 Å². The van der Waals surface area contributed by atoms with Crippen LogP contribution < -0.4 is 10.3 Å². The number of ether oxygens (including phenoxy) is 1. The zero-order valence-corrected chi connectivity index (χ0v) is 18.3. The third-order valence-electron chi connectivity index (χ3n) is 4.65. The fourth-order valence-electron chi connectivity index (χ4n) is 3.13. The summed E-state index contributed by atoms with van der Waals surface area (Å²) in [7, 11) is 0. The summed E-state index contributed by atoms with van der Waals surface area (Å²) in [4.78, 5) is 23.8. The van der Waals surface area contributed by atoms with Crippen LogP contribution in [0, 0.1) is 0 Å². The van der Waals surface area contributed by atoms with Crippen LogP contribution in [-0.4, -0.2) is 36.8 Å². The summed E-state index contributed by atoms with van der Waals surface area (Å²) in [6, 6.07) is 11.3. The number of H-pyrrole nitrogens is 1. The van der Waals surface area contributed by atoms with Crippen molar-refractivity contribution in [2.75, 3.05) is 6.61 Å². The summed E-state index contributed by atoms with van der Waals surface area (Å²) in [6.45, 7) is 7.92. The highest BCUT2D eigenvalue weighted by Gasteiger charge is 2.16. The minimum Gasteiger partial charge on any atom is -0.493 e. The predicted octanol–water partition coefficient (Wildman–Crippen LogP) is 4.34. The van der Waals surface area contributed by atoms with Crippen molar-refractivity contribution in [2.24, 2.45) is 0 Å². The van der Waals surface area contributed by atoms with Gasteiger partial charge in [-0.3, -0.25) is 9.78 Å². The van der Waals surface area contributed by atoms with Crippen molar-refractivity contribution in [3.63, 3.8) is 0 Å². The van der Waals surface area contributed by atoms with Gasteiger partial charge < -0.3 is 19.4 Å². The third-order valence-corrected chi connectivity index (χ3v) is 4.65. The number of hydrogen-bond donors (Lipinski definition) is 2. The number of rotatable bonds is 6. The molecule has 0 spiro atoms. The second-order valence-corrected chi connectivity index (χ2v) is 7.49. The number of aromatic amines is 1. The summed E-state index contributed by atoms with van der Waals surface area (Å²) in [5, 5.41) is 9.79. The number of benzene rings is 1. The minimum atomic E-state index is -0.763. The SMILES string of the molecule is CC.CC(C)(O)CCOc1ccc(-n2cc(-c3cccnc3)c3nc[nH]c(=O)c32)cc1. The Morgan fingerprint density at radius 2 is 1.90 bits per heavy atom. The van der Waals surface area contributed by atoms with Crippen molar-refractivity contribution in [1.29, 1.82) is 0 Å². The first kappa shape index (κ1) is 22.2. The first-order valence-corrected chi connectivity index (χ1v) is 10.4. The maximum absolute atomic E-state index is 12.5. The minimum absolute atomic E-state index is 0.212. The van der Waals surface area contributed by atoms with Crippen molar-refractivity contribution in [2.45, 2.75) is 39.7 Å². The molecule has 3 heterocycles. The molecule has 162 valence electrons. The van der Waals surface area contributed by atoms with Crippen LogP contribution in [0.4, 0.5) is 0 Å². The van der Waals surface area contributed by atoms with Gasteiger partial charge in [0, 0.05) is 41.8 Å². The smallest absolute Gasteiger partial charge is 0.275 e. The molecule has 0 aliphatic carbocycles. The van der Waals surface area contributed by atoms with Crippen LogP contribution >= 0.6 is 0 Å². The molecule has 0 saturated carbocycles.